The van der Waals surface area contributed by atoms with Crippen LogP contribution in [0.1, 0.15) is 17.5 Å². The summed E-state index contributed by atoms with van der Waals surface area (Å²) >= 11 is 0. The van der Waals surface area contributed by atoms with Crippen molar-refractivity contribution in [1.29, 1.82) is 0 Å². The van der Waals surface area contributed by atoms with E-state index in [0.29, 0.717) is 24.3 Å². The molecule has 1 aromatic heterocycles. The van der Waals surface area contributed by atoms with E-state index in [9.17, 15) is 4.79 Å². The highest BCUT2D eigenvalue weighted by Gasteiger charge is 2.06. The summed E-state index contributed by atoms with van der Waals surface area (Å²) in [5, 5.41) is 8.59. The Morgan fingerprint density at radius 1 is 1.50 bits per heavy atom. The summed E-state index contributed by atoms with van der Waals surface area (Å²) in [5.41, 5.74) is 1.36. The summed E-state index contributed by atoms with van der Waals surface area (Å²) in [4.78, 5) is 13.9. The van der Waals surface area contributed by atoms with Crippen LogP contribution in [0.3, 0.4) is 0 Å². The van der Waals surface area contributed by atoms with Crippen molar-refractivity contribution in [3.63, 3.8) is 0 Å². The van der Waals surface area contributed by atoms with E-state index in [1.165, 1.54) is 0 Å². The topological polar surface area (TPSA) is 62.3 Å². The highest BCUT2D eigenvalue weighted by Crippen LogP contribution is 2.18. The molecule has 0 aliphatic rings. The highest BCUT2D eigenvalue weighted by atomic mass is 16.5. The maximum atomic E-state index is 11.2. The Kier molecular flexibility index (Phi) is 3.71. The number of hydrogen-bond acceptors (Lipinski definition) is 3. The van der Waals surface area contributed by atoms with Crippen molar-refractivity contribution in [2.24, 2.45) is 0 Å². The minimum absolute atomic E-state index is 0.0985. The molecule has 0 bridgehead atoms. The van der Waals surface area contributed by atoms with Crippen LogP contribution in [-0.2, 0) is 0 Å². The van der Waals surface area contributed by atoms with E-state index in [1.807, 2.05) is 6.92 Å². The number of H-pyrrole nitrogens is 1. The standard InChI is InChI=1S/C10H15NO3/c1-7-6-11-10(13)8(2)9(7)14-5-3-4-12/h6,12H,3-5H2,1-2H3,(H,11,13). The van der Waals surface area contributed by atoms with Crippen LogP contribution in [0.15, 0.2) is 11.0 Å². The summed E-state index contributed by atoms with van der Waals surface area (Å²) in [6.07, 6.45) is 2.20. The van der Waals surface area contributed by atoms with Gasteiger partial charge in [-0.1, -0.05) is 0 Å². The molecule has 0 fully saturated rings. The van der Waals surface area contributed by atoms with E-state index in [0.717, 1.165) is 5.56 Å². The van der Waals surface area contributed by atoms with Gasteiger partial charge in [0.1, 0.15) is 5.75 Å². The first-order valence-corrected chi connectivity index (χ1v) is 4.59. The first-order chi connectivity index (χ1) is 6.66. The van der Waals surface area contributed by atoms with Gasteiger partial charge in [-0.15, -0.1) is 0 Å². The van der Waals surface area contributed by atoms with Gasteiger partial charge in [0.15, 0.2) is 0 Å². The molecule has 14 heavy (non-hydrogen) atoms. The van der Waals surface area contributed by atoms with Crippen LogP contribution in [0.4, 0.5) is 0 Å². The summed E-state index contributed by atoms with van der Waals surface area (Å²) in [6, 6.07) is 0. The fourth-order valence-electron chi connectivity index (χ4n) is 1.21. The van der Waals surface area contributed by atoms with Crippen molar-refractivity contribution in [3.8, 4) is 5.75 Å². The smallest absolute Gasteiger partial charge is 0.254 e. The van der Waals surface area contributed by atoms with Crippen LogP contribution in [0, 0.1) is 13.8 Å². The number of nitrogens with one attached hydrogen (secondary N) is 1. The summed E-state index contributed by atoms with van der Waals surface area (Å²) in [7, 11) is 0. The number of pyridine rings is 1. The number of rotatable bonds is 4. The number of aromatic nitrogens is 1. The molecular formula is C10H15NO3. The van der Waals surface area contributed by atoms with Crippen LogP contribution in [-0.4, -0.2) is 23.3 Å². The third-order valence-electron chi connectivity index (χ3n) is 2.01. The number of aryl methyl sites for hydroxylation is 1. The molecule has 1 aromatic rings. The molecular weight excluding hydrogens is 182 g/mol. The Morgan fingerprint density at radius 2 is 2.21 bits per heavy atom. The minimum atomic E-state index is -0.130. The summed E-state index contributed by atoms with van der Waals surface area (Å²) in [5.74, 6) is 0.627. The fraction of sp³-hybridized carbons (Fsp3) is 0.500. The second kappa shape index (κ2) is 4.81. The van der Waals surface area contributed by atoms with Gasteiger partial charge in [-0.05, 0) is 13.8 Å². The molecule has 4 nitrogen and oxygen atoms in total. The third kappa shape index (κ3) is 2.35. The zero-order valence-electron chi connectivity index (χ0n) is 8.46. The maximum absolute atomic E-state index is 11.2. The average molecular weight is 197 g/mol. The molecule has 1 rings (SSSR count). The van der Waals surface area contributed by atoms with Gasteiger partial charge in [0, 0.05) is 24.8 Å². The van der Waals surface area contributed by atoms with E-state index in [1.54, 1.807) is 13.1 Å². The maximum Gasteiger partial charge on any atom is 0.254 e. The summed E-state index contributed by atoms with van der Waals surface area (Å²) < 4.78 is 5.41. The van der Waals surface area contributed by atoms with Gasteiger partial charge in [0.05, 0.1) is 12.2 Å². The lowest BCUT2D eigenvalue weighted by atomic mass is 10.2. The molecule has 1 heterocycles. The van der Waals surface area contributed by atoms with Crippen LogP contribution in [0.2, 0.25) is 0 Å². The second-order valence-corrected chi connectivity index (χ2v) is 3.18. The van der Waals surface area contributed by atoms with Gasteiger partial charge in [0.2, 0.25) is 0 Å². The number of aliphatic hydroxyl groups excluding tert-OH is 1. The van der Waals surface area contributed by atoms with Crippen LogP contribution < -0.4 is 10.3 Å². The van der Waals surface area contributed by atoms with Crippen molar-refractivity contribution < 1.29 is 9.84 Å². The highest BCUT2D eigenvalue weighted by molar-refractivity contribution is 5.36. The van der Waals surface area contributed by atoms with Crippen molar-refractivity contribution >= 4 is 0 Å². The Labute approximate surface area is 82.5 Å². The molecule has 0 aromatic carbocycles. The number of aliphatic hydroxyl groups is 1. The Hall–Kier alpha value is -1.29. The minimum Gasteiger partial charge on any atom is -0.493 e. The van der Waals surface area contributed by atoms with Gasteiger partial charge in [-0.2, -0.15) is 0 Å². The molecule has 78 valence electrons. The molecule has 0 unspecified atom stereocenters. The third-order valence-corrected chi connectivity index (χ3v) is 2.01. The molecule has 0 saturated carbocycles. The summed E-state index contributed by atoms with van der Waals surface area (Å²) in [6.45, 7) is 4.13. The Balaban J connectivity index is 2.84. The van der Waals surface area contributed by atoms with Crippen molar-refractivity contribution in [2.45, 2.75) is 20.3 Å². The molecule has 0 aliphatic carbocycles. The quantitative estimate of drug-likeness (QED) is 0.700. The molecule has 0 saturated heterocycles. The predicted octanol–water partition coefficient (Wildman–Crippen LogP) is 0.753. The molecule has 0 amide bonds. The van der Waals surface area contributed by atoms with E-state index < -0.39 is 0 Å². The van der Waals surface area contributed by atoms with Crippen molar-refractivity contribution in [2.75, 3.05) is 13.2 Å². The van der Waals surface area contributed by atoms with E-state index in [4.69, 9.17) is 9.84 Å². The molecule has 4 heteroatoms. The zero-order chi connectivity index (χ0) is 10.6. The van der Waals surface area contributed by atoms with Crippen molar-refractivity contribution in [1.82, 2.24) is 4.98 Å². The number of ether oxygens (including phenoxy) is 1. The van der Waals surface area contributed by atoms with Gasteiger partial charge in [0.25, 0.3) is 5.56 Å². The van der Waals surface area contributed by atoms with Crippen molar-refractivity contribution in [3.05, 3.63) is 27.7 Å². The number of hydrogen-bond donors (Lipinski definition) is 2. The lowest BCUT2D eigenvalue weighted by Gasteiger charge is -2.10. The fourth-order valence-corrected chi connectivity index (χ4v) is 1.21. The average Bonchev–Trinajstić information content (AvgIpc) is 2.18. The number of aromatic amines is 1. The van der Waals surface area contributed by atoms with Gasteiger partial charge < -0.3 is 14.8 Å². The van der Waals surface area contributed by atoms with E-state index in [-0.39, 0.29) is 12.2 Å². The molecule has 2 N–H and O–H groups in total. The lowest BCUT2D eigenvalue weighted by Crippen LogP contribution is -2.13. The van der Waals surface area contributed by atoms with E-state index in [2.05, 4.69) is 4.98 Å². The van der Waals surface area contributed by atoms with Crippen LogP contribution >= 0.6 is 0 Å². The van der Waals surface area contributed by atoms with Crippen LogP contribution in [0.25, 0.3) is 0 Å². The first-order valence-electron chi connectivity index (χ1n) is 4.59. The molecule has 0 atom stereocenters. The van der Waals surface area contributed by atoms with Gasteiger partial charge in [-0.3, -0.25) is 4.79 Å². The molecule has 0 aliphatic heterocycles. The van der Waals surface area contributed by atoms with Gasteiger partial charge >= 0.3 is 0 Å². The lowest BCUT2D eigenvalue weighted by molar-refractivity contribution is 0.232. The van der Waals surface area contributed by atoms with E-state index >= 15 is 0 Å². The zero-order valence-corrected chi connectivity index (χ0v) is 8.46. The first kappa shape index (κ1) is 10.8. The second-order valence-electron chi connectivity index (χ2n) is 3.18. The molecule has 0 spiro atoms. The van der Waals surface area contributed by atoms with Gasteiger partial charge in [-0.25, -0.2) is 0 Å². The Bertz CT molecular complexity index is 357. The normalized spacial score (nSPS) is 10.2. The Morgan fingerprint density at radius 3 is 2.86 bits per heavy atom. The predicted molar refractivity (Wildman–Crippen MR) is 53.7 cm³/mol. The molecule has 0 radical (unpaired) electrons. The monoisotopic (exact) mass is 197 g/mol. The largest absolute Gasteiger partial charge is 0.493 e. The van der Waals surface area contributed by atoms with Crippen LogP contribution in [0.5, 0.6) is 5.75 Å². The SMILES string of the molecule is Cc1c[nH]c(=O)c(C)c1OCCCO.